The molecule has 1 amide bonds. The Morgan fingerprint density at radius 1 is 1.07 bits per heavy atom. The summed E-state index contributed by atoms with van der Waals surface area (Å²) < 4.78 is 7.43. The van der Waals surface area contributed by atoms with Crippen LogP contribution in [0.25, 0.3) is 17.4 Å². The molecule has 1 aliphatic heterocycles. The second-order valence-corrected chi connectivity index (χ2v) is 9.05. The number of furan rings is 1. The third kappa shape index (κ3) is 4.63. The minimum absolute atomic E-state index is 0.111. The third-order valence-electron chi connectivity index (χ3n) is 4.46. The number of phenols is 1. The Labute approximate surface area is 186 Å². The summed E-state index contributed by atoms with van der Waals surface area (Å²) >= 11 is 10.1. The van der Waals surface area contributed by atoms with E-state index in [-0.39, 0.29) is 11.7 Å². The third-order valence-corrected chi connectivity index (χ3v) is 6.37. The highest BCUT2D eigenvalue weighted by Crippen LogP contribution is 2.34. The second kappa shape index (κ2) is 8.57. The van der Waals surface area contributed by atoms with Crippen molar-refractivity contribution in [2.24, 2.45) is 0 Å². The molecule has 0 saturated carbocycles. The molecule has 0 atom stereocenters. The summed E-state index contributed by atoms with van der Waals surface area (Å²) in [6.07, 6.45) is 2.40. The van der Waals surface area contributed by atoms with Crippen LogP contribution in [0.3, 0.4) is 0 Å². The Hall–Kier alpha value is -2.35. The Morgan fingerprint density at radius 3 is 2.52 bits per heavy atom. The maximum Gasteiger partial charge on any atom is 0.266 e. The Balaban J connectivity index is 1.46. The average Bonchev–Trinajstić information content (AvgIpc) is 3.27. The highest BCUT2D eigenvalue weighted by Gasteiger charge is 2.31. The first-order chi connectivity index (χ1) is 14.0. The number of hydrogen-bond donors (Lipinski definition) is 1. The fourth-order valence-electron chi connectivity index (χ4n) is 2.93. The topological polar surface area (TPSA) is 53.7 Å². The maximum atomic E-state index is 12.8. The van der Waals surface area contributed by atoms with Crippen molar-refractivity contribution in [2.75, 3.05) is 6.54 Å². The molecule has 7 heteroatoms. The lowest BCUT2D eigenvalue weighted by atomic mass is 10.1. The van der Waals surface area contributed by atoms with E-state index in [0.717, 1.165) is 21.4 Å². The molecule has 4 rings (SSSR count). The molecule has 3 aromatic rings. The van der Waals surface area contributed by atoms with Crippen LogP contribution >= 0.6 is 39.9 Å². The van der Waals surface area contributed by atoms with Gasteiger partial charge in [-0.3, -0.25) is 9.69 Å². The number of nitrogens with zero attached hydrogens (tertiary/aromatic N) is 1. The van der Waals surface area contributed by atoms with E-state index in [4.69, 9.17) is 16.6 Å². The van der Waals surface area contributed by atoms with Crippen LogP contribution in [0.15, 0.2) is 74.5 Å². The monoisotopic (exact) mass is 485 g/mol. The lowest BCUT2D eigenvalue weighted by Crippen LogP contribution is -2.30. The normalized spacial score (nSPS) is 15.5. The van der Waals surface area contributed by atoms with E-state index in [9.17, 15) is 9.90 Å². The second-order valence-electron chi connectivity index (χ2n) is 6.46. The highest BCUT2D eigenvalue weighted by molar-refractivity contribution is 9.10. The summed E-state index contributed by atoms with van der Waals surface area (Å²) in [5.74, 6) is 1.47. The van der Waals surface area contributed by atoms with Gasteiger partial charge < -0.3 is 9.52 Å². The largest absolute Gasteiger partial charge is 0.508 e. The standard InChI is InChI=1S/C22H16BrNO3S2/c23-16-5-3-15(4-6-16)19-10-9-18(27-19)13-20-21(26)24(22(28)29-20)12-11-14-1-7-17(25)8-2-14/h1-10,13,25H,11-12H2/b20-13-. The van der Waals surface area contributed by atoms with E-state index in [1.165, 1.54) is 11.8 Å². The molecule has 1 aliphatic rings. The van der Waals surface area contributed by atoms with Crippen LogP contribution in [-0.2, 0) is 11.2 Å². The molecule has 0 bridgehead atoms. The van der Waals surface area contributed by atoms with Crippen LogP contribution in [0.5, 0.6) is 5.75 Å². The van der Waals surface area contributed by atoms with Crippen LogP contribution in [0, 0.1) is 0 Å². The van der Waals surface area contributed by atoms with E-state index in [0.29, 0.717) is 28.0 Å². The lowest BCUT2D eigenvalue weighted by Gasteiger charge is -2.14. The summed E-state index contributed by atoms with van der Waals surface area (Å²) in [6.45, 7) is 0.495. The molecule has 4 nitrogen and oxygen atoms in total. The first-order valence-corrected chi connectivity index (χ1v) is 10.9. The lowest BCUT2D eigenvalue weighted by molar-refractivity contribution is -0.122. The molecule has 29 heavy (non-hydrogen) atoms. The van der Waals surface area contributed by atoms with E-state index in [1.807, 2.05) is 48.5 Å². The van der Waals surface area contributed by atoms with E-state index >= 15 is 0 Å². The van der Waals surface area contributed by atoms with Gasteiger partial charge in [-0.15, -0.1) is 0 Å². The SMILES string of the molecule is O=C1/C(=C/c2ccc(-c3ccc(Br)cc3)o2)SC(=S)N1CCc1ccc(O)cc1. The number of carbonyl (C=O) groups excluding carboxylic acids is 1. The minimum Gasteiger partial charge on any atom is -0.508 e. The minimum atomic E-state index is -0.111. The van der Waals surface area contributed by atoms with Crippen molar-refractivity contribution in [3.8, 4) is 17.1 Å². The van der Waals surface area contributed by atoms with Crippen molar-refractivity contribution in [3.63, 3.8) is 0 Å². The number of rotatable bonds is 5. The van der Waals surface area contributed by atoms with Gasteiger partial charge in [-0.05, 0) is 48.4 Å². The Bertz CT molecular complexity index is 1090. The van der Waals surface area contributed by atoms with Gasteiger partial charge in [-0.2, -0.15) is 0 Å². The summed E-state index contributed by atoms with van der Waals surface area (Å²) in [4.78, 5) is 14.9. The molecule has 0 aliphatic carbocycles. The number of halogens is 1. The van der Waals surface area contributed by atoms with Crippen molar-refractivity contribution in [2.45, 2.75) is 6.42 Å². The number of hydrogen-bond acceptors (Lipinski definition) is 5. The number of phenolic OH excluding ortho intramolecular Hbond substituents is 1. The highest BCUT2D eigenvalue weighted by atomic mass is 79.9. The quantitative estimate of drug-likeness (QED) is 0.362. The maximum absolute atomic E-state index is 12.8. The van der Waals surface area contributed by atoms with Gasteiger partial charge in [0.1, 0.15) is 21.6 Å². The zero-order valence-electron chi connectivity index (χ0n) is 15.2. The smallest absolute Gasteiger partial charge is 0.266 e. The van der Waals surface area contributed by atoms with Gasteiger partial charge in [0, 0.05) is 22.7 Å². The van der Waals surface area contributed by atoms with E-state index < -0.39 is 0 Å². The van der Waals surface area contributed by atoms with Gasteiger partial charge in [0.05, 0.1) is 4.91 Å². The Morgan fingerprint density at radius 2 is 1.79 bits per heavy atom. The van der Waals surface area contributed by atoms with Gasteiger partial charge in [-0.1, -0.05) is 64.2 Å². The zero-order chi connectivity index (χ0) is 20.4. The number of thioether (sulfide) groups is 1. The predicted molar refractivity (Wildman–Crippen MR) is 124 cm³/mol. The molecular weight excluding hydrogens is 470 g/mol. The number of amides is 1. The van der Waals surface area contributed by atoms with Gasteiger partial charge >= 0.3 is 0 Å². The fraction of sp³-hybridized carbons (Fsp3) is 0.0909. The van der Waals surface area contributed by atoms with Crippen molar-refractivity contribution >= 4 is 56.2 Å². The summed E-state index contributed by atoms with van der Waals surface area (Å²) in [7, 11) is 0. The molecule has 146 valence electrons. The summed E-state index contributed by atoms with van der Waals surface area (Å²) in [5.41, 5.74) is 2.00. The van der Waals surface area contributed by atoms with Crippen molar-refractivity contribution in [3.05, 3.63) is 81.4 Å². The molecule has 2 heterocycles. The molecule has 0 spiro atoms. The molecular formula is C22H16BrNO3S2. The molecule has 0 radical (unpaired) electrons. The zero-order valence-corrected chi connectivity index (χ0v) is 18.4. The van der Waals surface area contributed by atoms with Crippen LogP contribution in [0.1, 0.15) is 11.3 Å². The molecule has 0 unspecified atom stereocenters. The van der Waals surface area contributed by atoms with Crippen LogP contribution in [0.4, 0.5) is 0 Å². The predicted octanol–water partition coefficient (Wildman–Crippen LogP) is 5.86. The summed E-state index contributed by atoms with van der Waals surface area (Å²) in [5, 5.41) is 9.37. The van der Waals surface area contributed by atoms with Crippen LogP contribution in [-0.4, -0.2) is 26.8 Å². The van der Waals surface area contributed by atoms with Crippen LogP contribution in [0.2, 0.25) is 0 Å². The Kier molecular flexibility index (Phi) is 5.89. The van der Waals surface area contributed by atoms with Gasteiger partial charge in [-0.25, -0.2) is 0 Å². The fourth-order valence-corrected chi connectivity index (χ4v) is 4.48. The van der Waals surface area contributed by atoms with Crippen molar-refractivity contribution in [1.29, 1.82) is 0 Å². The molecule has 1 fully saturated rings. The molecule has 2 aromatic carbocycles. The number of benzene rings is 2. The summed E-state index contributed by atoms with van der Waals surface area (Å²) in [6, 6.07) is 18.5. The molecule has 1 aromatic heterocycles. The average molecular weight is 486 g/mol. The molecule has 1 N–H and O–H groups in total. The van der Waals surface area contributed by atoms with Gasteiger partial charge in [0.15, 0.2) is 0 Å². The first-order valence-electron chi connectivity index (χ1n) is 8.89. The number of aromatic hydroxyl groups is 1. The first kappa shape index (κ1) is 19.9. The van der Waals surface area contributed by atoms with E-state index in [1.54, 1.807) is 23.1 Å². The number of thiocarbonyl (C=S) groups is 1. The van der Waals surface area contributed by atoms with Crippen molar-refractivity contribution < 1.29 is 14.3 Å². The van der Waals surface area contributed by atoms with E-state index in [2.05, 4.69) is 15.9 Å². The molecule has 1 saturated heterocycles. The van der Waals surface area contributed by atoms with Gasteiger partial charge in [0.2, 0.25) is 0 Å². The number of carbonyl (C=O) groups is 1. The van der Waals surface area contributed by atoms with Crippen LogP contribution < -0.4 is 0 Å². The van der Waals surface area contributed by atoms with Gasteiger partial charge in [0.25, 0.3) is 5.91 Å². The van der Waals surface area contributed by atoms with Crippen molar-refractivity contribution in [1.82, 2.24) is 4.90 Å².